The number of carbonyl (C=O) groups is 1. The Labute approximate surface area is 118 Å². The maximum atomic E-state index is 12.8. The zero-order chi connectivity index (χ0) is 12.5. The van der Waals surface area contributed by atoms with E-state index in [0.717, 1.165) is 38.5 Å². The maximum Gasteiger partial charge on any atom is 0.253 e. The highest BCUT2D eigenvalue weighted by Gasteiger charge is 2.34. The summed E-state index contributed by atoms with van der Waals surface area (Å²) in [5.74, 6) is 1.04. The van der Waals surface area contributed by atoms with Gasteiger partial charge in [-0.25, -0.2) is 4.39 Å². The standard InChI is InChI=1S/C14H17FN2O.ClH/c15-13-3-1-10(2-4-13)14(18)17-6-5-11-7-16-8-12(11)9-17;/h1-4,11-12,16H,5-9H2;1H. The lowest BCUT2D eigenvalue weighted by Crippen LogP contribution is -2.43. The smallest absolute Gasteiger partial charge is 0.253 e. The van der Waals surface area contributed by atoms with E-state index in [0.29, 0.717) is 11.5 Å². The maximum absolute atomic E-state index is 12.8. The van der Waals surface area contributed by atoms with Gasteiger partial charge in [0.25, 0.3) is 5.91 Å². The van der Waals surface area contributed by atoms with Gasteiger partial charge in [0.05, 0.1) is 0 Å². The Kier molecular flexibility index (Phi) is 4.42. The lowest BCUT2D eigenvalue weighted by atomic mass is 9.88. The largest absolute Gasteiger partial charge is 0.338 e. The quantitative estimate of drug-likeness (QED) is 0.855. The van der Waals surface area contributed by atoms with E-state index in [4.69, 9.17) is 0 Å². The number of likely N-dealkylation sites (tertiary alicyclic amines) is 1. The van der Waals surface area contributed by atoms with Crippen LogP contribution < -0.4 is 5.32 Å². The number of benzene rings is 1. The van der Waals surface area contributed by atoms with E-state index in [1.54, 1.807) is 12.1 Å². The van der Waals surface area contributed by atoms with E-state index in [1.807, 2.05) is 4.90 Å². The van der Waals surface area contributed by atoms with Crippen molar-refractivity contribution in [2.45, 2.75) is 6.42 Å². The number of nitrogens with one attached hydrogen (secondary N) is 1. The Bertz CT molecular complexity index is 451. The molecule has 3 nitrogen and oxygen atoms in total. The number of carbonyl (C=O) groups excluding carboxylic acids is 1. The van der Waals surface area contributed by atoms with Gasteiger partial charge in [-0.1, -0.05) is 0 Å². The highest BCUT2D eigenvalue weighted by molar-refractivity contribution is 5.94. The van der Waals surface area contributed by atoms with E-state index in [2.05, 4.69) is 5.32 Å². The van der Waals surface area contributed by atoms with Gasteiger partial charge < -0.3 is 10.2 Å². The fraction of sp³-hybridized carbons (Fsp3) is 0.500. The molecule has 1 aromatic carbocycles. The SMILES string of the molecule is Cl.O=C(c1ccc(F)cc1)N1CCC2CNCC2C1. The van der Waals surface area contributed by atoms with Gasteiger partial charge >= 0.3 is 0 Å². The van der Waals surface area contributed by atoms with E-state index in [-0.39, 0.29) is 24.1 Å². The Hall–Kier alpha value is -1.13. The number of piperidine rings is 1. The van der Waals surface area contributed by atoms with Crippen molar-refractivity contribution in [3.63, 3.8) is 0 Å². The van der Waals surface area contributed by atoms with Crippen molar-refractivity contribution in [1.29, 1.82) is 0 Å². The van der Waals surface area contributed by atoms with Crippen LogP contribution in [0.3, 0.4) is 0 Å². The van der Waals surface area contributed by atoms with Gasteiger partial charge in [0.15, 0.2) is 0 Å². The molecule has 104 valence electrons. The first kappa shape index (κ1) is 14.3. The minimum atomic E-state index is -0.301. The fourth-order valence-electron chi connectivity index (χ4n) is 2.99. The van der Waals surface area contributed by atoms with Crippen LogP contribution in [0.2, 0.25) is 0 Å². The third-order valence-corrected chi connectivity index (χ3v) is 4.08. The topological polar surface area (TPSA) is 32.3 Å². The van der Waals surface area contributed by atoms with Crippen molar-refractivity contribution in [3.8, 4) is 0 Å². The third-order valence-electron chi connectivity index (χ3n) is 4.08. The summed E-state index contributed by atoms with van der Waals surface area (Å²) < 4.78 is 12.8. The minimum absolute atomic E-state index is 0. The molecular formula is C14H18ClFN2O. The van der Waals surface area contributed by atoms with Crippen LogP contribution in [-0.2, 0) is 0 Å². The van der Waals surface area contributed by atoms with Crippen LogP contribution in [0.15, 0.2) is 24.3 Å². The first-order chi connectivity index (χ1) is 8.74. The number of nitrogens with zero attached hydrogens (tertiary/aromatic N) is 1. The Morgan fingerprint density at radius 2 is 1.89 bits per heavy atom. The van der Waals surface area contributed by atoms with Crippen LogP contribution in [0.25, 0.3) is 0 Å². The number of hydrogen-bond donors (Lipinski definition) is 1. The molecule has 0 aromatic heterocycles. The number of halogens is 2. The van der Waals surface area contributed by atoms with Crippen molar-refractivity contribution in [2.24, 2.45) is 11.8 Å². The van der Waals surface area contributed by atoms with Gasteiger partial charge in [-0.2, -0.15) is 0 Å². The molecule has 0 bridgehead atoms. The van der Waals surface area contributed by atoms with Crippen molar-refractivity contribution in [3.05, 3.63) is 35.6 Å². The van der Waals surface area contributed by atoms with Crippen molar-refractivity contribution in [1.82, 2.24) is 10.2 Å². The summed E-state index contributed by atoms with van der Waals surface area (Å²) in [6.45, 7) is 3.74. The Morgan fingerprint density at radius 3 is 2.63 bits per heavy atom. The molecule has 2 aliphatic heterocycles. The van der Waals surface area contributed by atoms with Gasteiger partial charge in [0, 0.05) is 18.7 Å². The Balaban J connectivity index is 0.00000133. The van der Waals surface area contributed by atoms with E-state index in [1.165, 1.54) is 12.1 Å². The van der Waals surface area contributed by atoms with Gasteiger partial charge in [0.2, 0.25) is 0 Å². The number of rotatable bonds is 1. The molecule has 5 heteroatoms. The molecular weight excluding hydrogens is 267 g/mol. The summed E-state index contributed by atoms with van der Waals surface area (Å²) in [6, 6.07) is 5.82. The predicted molar refractivity (Wildman–Crippen MR) is 74.0 cm³/mol. The van der Waals surface area contributed by atoms with Gasteiger partial charge in [-0.15, -0.1) is 12.4 Å². The lowest BCUT2D eigenvalue weighted by Gasteiger charge is -2.34. The zero-order valence-corrected chi connectivity index (χ0v) is 11.5. The summed E-state index contributed by atoms with van der Waals surface area (Å²) >= 11 is 0. The zero-order valence-electron chi connectivity index (χ0n) is 10.6. The molecule has 19 heavy (non-hydrogen) atoms. The van der Waals surface area contributed by atoms with Crippen LogP contribution >= 0.6 is 12.4 Å². The second-order valence-electron chi connectivity index (χ2n) is 5.23. The normalized spacial score (nSPS) is 25.6. The summed E-state index contributed by atoms with van der Waals surface area (Å²) in [4.78, 5) is 14.2. The first-order valence-corrected chi connectivity index (χ1v) is 6.49. The molecule has 0 radical (unpaired) electrons. The van der Waals surface area contributed by atoms with E-state index in [9.17, 15) is 9.18 Å². The van der Waals surface area contributed by atoms with Crippen LogP contribution in [-0.4, -0.2) is 37.0 Å². The van der Waals surface area contributed by atoms with Crippen LogP contribution in [0, 0.1) is 17.7 Å². The van der Waals surface area contributed by atoms with E-state index < -0.39 is 0 Å². The third kappa shape index (κ3) is 2.90. The molecule has 0 saturated carbocycles. The first-order valence-electron chi connectivity index (χ1n) is 6.49. The average molecular weight is 285 g/mol. The highest BCUT2D eigenvalue weighted by Crippen LogP contribution is 2.27. The predicted octanol–water partition coefficient (Wildman–Crippen LogP) is 1.93. The molecule has 0 aliphatic carbocycles. The molecule has 0 spiro atoms. The van der Waals surface area contributed by atoms with Crippen LogP contribution in [0.1, 0.15) is 16.8 Å². The van der Waals surface area contributed by atoms with E-state index >= 15 is 0 Å². The summed E-state index contributed by atoms with van der Waals surface area (Å²) in [7, 11) is 0. The molecule has 3 rings (SSSR count). The molecule has 2 unspecified atom stereocenters. The summed E-state index contributed by atoms with van der Waals surface area (Å²) in [5.41, 5.74) is 0.584. The second kappa shape index (κ2) is 5.88. The lowest BCUT2D eigenvalue weighted by molar-refractivity contribution is 0.0642. The van der Waals surface area contributed by atoms with Gasteiger partial charge in [-0.3, -0.25) is 4.79 Å². The van der Waals surface area contributed by atoms with Crippen LogP contribution in [0.4, 0.5) is 4.39 Å². The number of amides is 1. The second-order valence-corrected chi connectivity index (χ2v) is 5.23. The van der Waals surface area contributed by atoms with Gasteiger partial charge in [-0.05, 0) is 55.6 Å². The molecule has 2 heterocycles. The average Bonchev–Trinajstić information content (AvgIpc) is 2.86. The number of hydrogen-bond acceptors (Lipinski definition) is 2. The monoisotopic (exact) mass is 284 g/mol. The highest BCUT2D eigenvalue weighted by atomic mass is 35.5. The molecule has 2 atom stereocenters. The molecule has 1 amide bonds. The molecule has 1 aromatic rings. The van der Waals surface area contributed by atoms with Crippen molar-refractivity contribution < 1.29 is 9.18 Å². The van der Waals surface area contributed by atoms with Crippen molar-refractivity contribution in [2.75, 3.05) is 26.2 Å². The summed E-state index contributed by atoms with van der Waals surface area (Å²) in [6.07, 6.45) is 1.07. The molecule has 2 fully saturated rings. The molecule has 2 saturated heterocycles. The Morgan fingerprint density at radius 1 is 1.21 bits per heavy atom. The number of fused-ring (bicyclic) bond motifs is 1. The van der Waals surface area contributed by atoms with Crippen molar-refractivity contribution >= 4 is 18.3 Å². The van der Waals surface area contributed by atoms with Crippen LogP contribution in [0.5, 0.6) is 0 Å². The molecule has 1 N–H and O–H groups in total. The molecule has 2 aliphatic rings. The summed E-state index contributed by atoms with van der Waals surface area (Å²) in [5, 5.41) is 3.38. The van der Waals surface area contributed by atoms with Gasteiger partial charge in [0.1, 0.15) is 5.82 Å². The fourth-order valence-corrected chi connectivity index (χ4v) is 2.99. The minimum Gasteiger partial charge on any atom is -0.338 e.